The van der Waals surface area contributed by atoms with Crippen LogP contribution in [0.1, 0.15) is 33.1 Å². The fourth-order valence-electron chi connectivity index (χ4n) is 2.86. The van der Waals surface area contributed by atoms with E-state index in [-0.39, 0.29) is 18.3 Å². The summed E-state index contributed by atoms with van der Waals surface area (Å²) in [6.45, 7) is 7.37. The summed E-state index contributed by atoms with van der Waals surface area (Å²) in [5.74, 6) is 1.35. The van der Waals surface area contributed by atoms with Crippen LogP contribution in [-0.4, -0.2) is 36.5 Å². The molecule has 16 heavy (non-hydrogen) atoms. The standard InChI is InChI=1S/C12H22N2O.ClH/c1-3-11-10(4-6-13-11)12(15)14-7-5-9(2)8-14;/h9-11,13H,3-8H2,1-2H3;1H. The predicted octanol–water partition coefficient (Wildman–Crippen LogP) is 1.66. The number of carbonyl (C=O) groups is 1. The number of nitrogens with zero attached hydrogens (tertiary/aromatic N) is 1. The molecule has 3 unspecified atom stereocenters. The van der Waals surface area contributed by atoms with Crippen molar-refractivity contribution in [1.29, 1.82) is 0 Å². The lowest BCUT2D eigenvalue weighted by Crippen LogP contribution is -2.40. The third-order valence-electron chi connectivity index (χ3n) is 3.84. The van der Waals surface area contributed by atoms with Crippen LogP contribution >= 0.6 is 12.4 Å². The van der Waals surface area contributed by atoms with Gasteiger partial charge in [0, 0.05) is 19.1 Å². The van der Waals surface area contributed by atoms with Gasteiger partial charge in [-0.2, -0.15) is 0 Å². The second-order valence-corrected chi connectivity index (χ2v) is 5.04. The lowest BCUT2D eigenvalue weighted by atomic mass is 9.97. The van der Waals surface area contributed by atoms with Crippen LogP contribution in [0.15, 0.2) is 0 Å². The van der Waals surface area contributed by atoms with Gasteiger partial charge in [-0.15, -0.1) is 12.4 Å². The van der Waals surface area contributed by atoms with Gasteiger partial charge in [-0.25, -0.2) is 0 Å². The van der Waals surface area contributed by atoms with E-state index < -0.39 is 0 Å². The Balaban J connectivity index is 0.00000128. The molecule has 3 atom stereocenters. The van der Waals surface area contributed by atoms with Gasteiger partial charge < -0.3 is 10.2 Å². The number of halogens is 1. The fraction of sp³-hybridized carbons (Fsp3) is 0.917. The van der Waals surface area contributed by atoms with E-state index in [9.17, 15) is 4.79 Å². The maximum Gasteiger partial charge on any atom is 0.227 e. The minimum atomic E-state index is 0. The minimum absolute atomic E-state index is 0. The molecule has 0 saturated carbocycles. The van der Waals surface area contributed by atoms with Crippen molar-refractivity contribution in [3.05, 3.63) is 0 Å². The highest BCUT2D eigenvalue weighted by molar-refractivity contribution is 5.85. The van der Waals surface area contributed by atoms with E-state index in [2.05, 4.69) is 24.1 Å². The summed E-state index contributed by atoms with van der Waals surface area (Å²) < 4.78 is 0. The van der Waals surface area contributed by atoms with E-state index in [1.807, 2.05) is 0 Å². The van der Waals surface area contributed by atoms with Crippen LogP contribution in [0.2, 0.25) is 0 Å². The molecule has 1 N–H and O–H groups in total. The van der Waals surface area contributed by atoms with Crippen molar-refractivity contribution >= 4 is 18.3 Å². The Labute approximate surface area is 104 Å². The molecule has 94 valence electrons. The molecular weight excluding hydrogens is 224 g/mol. The van der Waals surface area contributed by atoms with Crippen molar-refractivity contribution in [3.8, 4) is 0 Å². The van der Waals surface area contributed by atoms with Crippen molar-refractivity contribution in [2.24, 2.45) is 11.8 Å². The molecule has 2 saturated heterocycles. The summed E-state index contributed by atoms with van der Waals surface area (Å²) >= 11 is 0. The molecule has 0 aromatic heterocycles. The molecule has 2 heterocycles. The number of hydrogen-bond acceptors (Lipinski definition) is 2. The zero-order valence-corrected chi connectivity index (χ0v) is 11.1. The van der Waals surface area contributed by atoms with Crippen LogP contribution in [0.3, 0.4) is 0 Å². The van der Waals surface area contributed by atoms with Gasteiger partial charge in [-0.3, -0.25) is 4.79 Å². The first-order valence-corrected chi connectivity index (χ1v) is 6.24. The topological polar surface area (TPSA) is 32.3 Å². The van der Waals surface area contributed by atoms with Crippen LogP contribution < -0.4 is 5.32 Å². The predicted molar refractivity (Wildman–Crippen MR) is 67.8 cm³/mol. The lowest BCUT2D eigenvalue weighted by molar-refractivity contribution is -0.134. The van der Waals surface area contributed by atoms with E-state index in [0.29, 0.717) is 17.9 Å². The zero-order chi connectivity index (χ0) is 10.8. The van der Waals surface area contributed by atoms with Gasteiger partial charge >= 0.3 is 0 Å². The minimum Gasteiger partial charge on any atom is -0.342 e. The fourth-order valence-corrected chi connectivity index (χ4v) is 2.86. The van der Waals surface area contributed by atoms with Crippen LogP contribution in [0.25, 0.3) is 0 Å². The molecule has 2 fully saturated rings. The maximum atomic E-state index is 12.2. The van der Waals surface area contributed by atoms with Gasteiger partial charge in [0.1, 0.15) is 0 Å². The van der Waals surface area contributed by atoms with E-state index in [1.165, 1.54) is 6.42 Å². The molecule has 0 aromatic rings. The highest BCUT2D eigenvalue weighted by Crippen LogP contribution is 2.24. The van der Waals surface area contributed by atoms with Crippen molar-refractivity contribution in [3.63, 3.8) is 0 Å². The van der Waals surface area contributed by atoms with Gasteiger partial charge in [0.2, 0.25) is 5.91 Å². The SMILES string of the molecule is CCC1NCCC1C(=O)N1CCC(C)C1.Cl. The molecule has 0 aliphatic carbocycles. The van der Waals surface area contributed by atoms with E-state index in [0.717, 1.165) is 32.5 Å². The first-order chi connectivity index (χ1) is 7.22. The molecular formula is C12H23ClN2O. The summed E-state index contributed by atoms with van der Waals surface area (Å²) in [7, 11) is 0. The second-order valence-electron chi connectivity index (χ2n) is 5.04. The Kier molecular flexibility index (Phi) is 5.06. The molecule has 0 radical (unpaired) electrons. The Morgan fingerprint density at radius 3 is 2.75 bits per heavy atom. The van der Waals surface area contributed by atoms with E-state index in [1.54, 1.807) is 0 Å². The molecule has 0 bridgehead atoms. The molecule has 2 aliphatic heterocycles. The Bertz CT molecular complexity index is 247. The highest BCUT2D eigenvalue weighted by Gasteiger charge is 2.35. The van der Waals surface area contributed by atoms with Gasteiger partial charge in [0.15, 0.2) is 0 Å². The van der Waals surface area contributed by atoms with Crippen LogP contribution in [-0.2, 0) is 4.79 Å². The largest absolute Gasteiger partial charge is 0.342 e. The van der Waals surface area contributed by atoms with Crippen molar-refractivity contribution in [2.45, 2.75) is 39.2 Å². The number of carbonyl (C=O) groups excluding carboxylic acids is 1. The highest BCUT2D eigenvalue weighted by atomic mass is 35.5. The lowest BCUT2D eigenvalue weighted by Gasteiger charge is -2.23. The van der Waals surface area contributed by atoms with Gasteiger partial charge in [0.25, 0.3) is 0 Å². The Morgan fingerprint density at radius 2 is 2.19 bits per heavy atom. The average molecular weight is 247 g/mol. The molecule has 0 aromatic carbocycles. The Morgan fingerprint density at radius 1 is 1.44 bits per heavy atom. The number of hydrogen-bond donors (Lipinski definition) is 1. The summed E-state index contributed by atoms with van der Waals surface area (Å²) in [6.07, 6.45) is 3.28. The van der Waals surface area contributed by atoms with Crippen LogP contribution in [0.4, 0.5) is 0 Å². The first kappa shape index (κ1) is 13.8. The molecule has 0 spiro atoms. The number of rotatable bonds is 2. The second kappa shape index (κ2) is 5.87. The number of nitrogens with one attached hydrogen (secondary N) is 1. The Hall–Kier alpha value is -0.280. The molecule has 1 amide bonds. The third kappa shape index (κ3) is 2.69. The summed E-state index contributed by atoms with van der Waals surface area (Å²) in [4.78, 5) is 14.3. The smallest absolute Gasteiger partial charge is 0.227 e. The molecule has 3 nitrogen and oxygen atoms in total. The van der Waals surface area contributed by atoms with E-state index in [4.69, 9.17) is 0 Å². The average Bonchev–Trinajstić information content (AvgIpc) is 2.84. The maximum absolute atomic E-state index is 12.2. The van der Waals surface area contributed by atoms with Crippen molar-refractivity contribution < 1.29 is 4.79 Å². The number of amides is 1. The van der Waals surface area contributed by atoms with Crippen LogP contribution in [0.5, 0.6) is 0 Å². The summed E-state index contributed by atoms with van der Waals surface area (Å²) in [5, 5.41) is 3.42. The van der Waals surface area contributed by atoms with Crippen molar-refractivity contribution in [1.82, 2.24) is 10.2 Å². The zero-order valence-electron chi connectivity index (χ0n) is 10.2. The molecule has 2 aliphatic rings. The summed E-state index contributed by atoms with van der Waals surface area (Å²) in [5.41, 5.74) is 0. The third-order valence-corrected chi connectivity index (χ3v) is 3.84. The molecule has 4 heteroatoms. The van der Waals surface area contributed by atoms with Gasteiger partial charge in [-0.05, 0) is 31.7 Å². The van der Waals surface area contributed by atoms with Gasteiger partial charge in [0.05, 0.1) is 5.92 Å². The van der Waals surface area contributed by atoms with Crippen molar-refractivity contribution in [2.75, 3.05) is 19.6 Å². The van der Waals surface area contributed by atoms with Gasteiger partial charge in [-0.1, -0.05) is 13.8 Å². The van der Waals surface area contributed by atoms with E-state index >= 15 is 0 Å². The van der Waals surface area contributed by atoms with Crippen LogP contribution in [0, 0.1) is 11.8 Å². The normalized spacial score (nSPS) is 33.9. The monoisotopic (exact) mass is 246 g/mol. The first-order valence-electron chi connectivity index (χ1n) is 6.24. The number of likely N-dealkylation sites (tertiary alicyclic amines) is 1. The summed E-state index contributed by atoms with van der Waals surface area (Å²) in [6, 6.07) is 0.424. The molecule has 2 rings (SSSR count). The quantitative estimate of drug-likeness (QED) is 0.804.